The molecule has 0 saturated carbocycles. The summed E-state index contributed by atoms with van der Waals surface area (Å²) < 4.78 is 0.729. The molecule has 10 heteroatoms. The number of aromatic hydroxyl groups is 1. The minimum atomic E-state index is -1.23. The molecular weight excluding hydrogens is 506 g/mol. The number of benzene rings is 3. The number of ketones is 1. The van der Waals surface area contributed by atoms with E-state index in [0.717, 1.165) is 21.5 Å². The van der Waals surface area contributed by atoms with E-state index in [9.17, 15) is 29.9 Å². The zero-order chi connectivity index (χ0) is 24.6. The zero-order valence-electron chi connectivity index (χ0n) is 17.2. The fourth-order valence-electron chi connectivity index (χ4n) is 3.73. The molecule has 0 spiro atoms. The number of halogens is 1. The van der Waals surface area contributed by atoms with Crippen LogP contribution in [0, 0.1) is 21.4 Å². The molecule has 34 heavy (non-hydrogen) atoms. The molecule has 9 nitrogen and oxygen atoms in total. The number of aliphatic hydroxyl groups is 1. The molecule has 1 unspecified atom stereocenters. The highest BCUT2D eigenvalue weighted by Crippen LogP contribution is 2.44. The number of nitrogens with zero attached hydrogens (tertiary/aromatic N) is 3. The summed E-state index contributed by atoms with van der Waals surface area (Å²) in [7, 11) is 0. The van der Waals surface area contributed by atoms with E-state index in [1.807, 2.05) is 6.07 Å². The van der Waals surface area contributed by atoms with Crippen LogP contribution in [0.1, 0.15) is 22.7 Å². The van der Waals surface area contributed by atoms with Crippen molar-refractivity contribution in [3.05, 3.63) is 104 Å². The van der Waals surface area contributed by atoms with E-state index in [1.165, 1.54) is 30.3 Å². The highest BCUT2D eigenvalue weighted by molar-refractivity contribution is 9.10. The zero-order valence-corrected chi connectivity index (χ0v) is 18.8. The van der Waals surface area contributed by atoms with Gasteiger partial charge >= 0.3 is 5.69 Å². The fraction of sp³-hybridized carbons (Fsp3) is 0.0417. The Labute approximate surface area is 201 Å². The van der Waals surface area contributed by atoms with Gasteiger partial charge in [0.1, 0.15) is 5.76 Å². The molecule has 1 aliphatic rings. The average molecular weight is 520 g/mol. The van der Waals surface area contributed by atoms with Gasteiger partial charge in [-0.15, -0.1) is 0 Å². The first-order chi connectivity index (χ1) is 16.2. The van der Waals surface area contributed by atoms with E-state index < -0.39 is 39.9 Å². The van der Waals surface area contributed by atoms with Gasteiger partial charge in [0.2, 0.25) is 0 Å². The van der Waals surface area contributed by atoms with E-state index in [4.69, 9.17) is 5.26 Å². The molecule has 0 bridgehead atoms. The number of phenols is 1. The number of hydrogen-bond acceptors (Lipinski definition) is 7. The van der Waals surface area contributed by atoms with Gasteiger partial charge in [0.05, 0.1) is 28.2 Å². The number of amides is 1. The van der Waals surface area contributed by atoms with Crippen molar-refractivity contribution >= 4 is 44.8 Å². The van der Waals surface area contributed by atoms with Gasteiger partial charge in [-0.2, -0.15) is 5.26 Å². The highest BCUT2D eigenvalue weighted by atomic mass is 79.9. The summed E-state index contributed by atoms with van der Waals surface area (Å²) in [5.74, 6) is -2.98. The Morgan fingerprint density at radius 2 is 1.71 bits per heavy atom. The number of rotatable bonds is 4. The lowest BCUT2D eigenvalue weighted by Gasteiger charge is -2.25. The van der Waals surface area contributed by atoms with Crippen LogP contribution < -0.4 is 4.90 Å². The van der Waals surface area contributed by atoms with Gasteiger partial charge < -0.3 is 10.2 Å². The number of carbonyl (C=O) groups is 2. The van der Waals surface area contributed by atoms with Crippen LogP contribution in [0.15, 0.2) is 76.8 Å². The number of aliphatic hydroxyl groups excluding tert-OH is 1. The van der Waals surface area contributed by atoms with Crippen molar-refractivity contribution in [2.75, 3.05) is 4.90 Å². The molecule has 3 aromatic rings. The van der Waals surface area contributed by atoms with Crippen molar-refractivity contribution in [3.8, 4) is 11.8 Å². The lowest BCUT2D eigenvalue weighted by molar-refractivity contribution is -0.385. The lowest BCUT2D eigenvalue weighted by atomic mass is 9.94. The monoisotopic (exact) mass is 519 g/mol. The third kappa shape index (κ3) is 3.89. The average Bonchev–Trinajstić information content (AvgIpc) is 3.09. The Bertz CT molecular complexity index is 1410. The van der Waals surface area contributed by atoms with Crippen LogP contribution in [0.3, 0.4) is 0 Å². The van der Waals surface area contributed by atoms with E-state index in [2.05, 4.69) is 15.9 Å². The number of Topliss-reactive ketones (excluding diaryl/α,β-unsaturated/α-hetero) is 1. The van der Waals surface area contributed by atoms with Crippen molar-refractivity contribution in [2.45, 2.75) is 6.04 Å². The molecule has 3 aromatic carbocycles. The molecule has 0 aromatic heterocycles. The maximum atomic E-state index is 13.1. The Kier molecular flexibility index (Phi) is 5.88. The van der Waals surface area contributed by atoms with Crippen molar-refractivity contribution in [1.82, 2.24) is 0 Å². The van der Waals surface area contributed by atoms with Gasteiger partial charge in [-0.25, -0.2) is 0 Å². The maximum absolute atomic E-state index is 13.1. The van der Waals surface area contributed by atoms with Crippen LogP contribution in [0.2, 0.25) is 0 Å². The van der Waals surface area contributed by atoms with Gasteiger partial charge in [0, 0.05) is 21.8 Å². The molecule has 1 atom stereocenters. The summed E-state index contributed by atoms with van der Waals surface area (Å²) in [6.45, 7) is 0. The van der Waals surface area contributed by atoms with Crippen molar-refractivity contribution in [1.29, 1.82) is 5.26 Å². The summed E-state index contributed by atoms with van der Waals surface area (Å²) in [5, 5.41) is 41.4. The number of anilines is 1. The summed E-state index contributed by atoms with van der Waals surface area (Å²) in [6, 6.07) is 16.4. The largest absolute Gasteiger partial charge is 0.507 e. The highest BCUT2D eigenvalue weighted by Gasteiger charge is 2.47. The maximum Gasteiger partial charge on any atom is 0.311 e. The summed E-state index contributed by atoms with van der Waals surface area (Å²) in [5.41, 5.74) is 0.0814. The van der Waals surface area contributed by atoms with Gasteiger partial charge in [0.15, 0.2) is 5.75 Å². The second kappa shape index (κ2) is 8.80. The summed E-state index contributed by atoms with van der Waals surface area (Å²) in [4.78, 5) is 37.9. The molecule has 0 radical (unpaired) electrons. The SMILES string of the molecule is N#Cc1ccc(N2C(=O)C(=O)/C(=C(\O)c3ccc(Br)cc3)C2c2ccc(O)c([N+](=O)[O-])c2)cc1. The van der Waals surface area contributed by atoms with Crippen molar-refractivity contribution in [2.24, 2.45) is 0 Å². The molecule has 4 rings (SSSR count). The molecule has 2 N–H and O–H groups in total. The Morgan fingerprint density at radius 3 is 2.29 bits per heavy atom. The quantitative estimate of drug-likeness (QED) is 0.169. The Hall–Kier alpha value is -4.49. The van der Waals surface area contributed by atoms with E-state index >= 15 is 0 Å². The first-order valence-electron chi connectivity index (χ1n) is 9.77. The smallest absolute Gasteiger partial charge is 0.311 e. The number of nitriles is 1. The van der Waals surface area contributed by atoms with Gasteiger partial charge in [-0.3, -0.25) is 24.6 Å². The molecule has 1 heterocycles. The van der Waals surface area contributed by atoms with Gasteiger partial charge in [-0.1, -0.05) is 34.1 Å². The van der Waals surface area contributed by atoms with Crippen molar-refractivity contribution < 1.29 is 24.7 Å². The van der Waals surface area contributed by atoms with E-state index in [-0.39, 0.29) is 22.4 Å². The van der Waals surface area contributed by atoms with Crippen LogP contribution in [-0.4, -0.2) is 26.8 Å². The minimum absolute atomic E-state index is 0.131. The Balaban J connectivity index is 1.97. The molecule has 1 fully saturated rings. The van der Waals surface area contributed by atoms with Crippen LogP contribution >= 0.6 is 15.9 Å². The van der Waals surface area contributed by atoms with Crippen molar-refractivity contribution in [3.63, 3.8) is 0 Å². The molecule has 1 amide bonds. The number of carbonyl (C=O) groups excluding carboxylic acids is 2. The third-order valence-electron chi connectivity index (χ3n) is 5.35. The predicted molar refractivity (Wildman–Crippen MR) is 125 cm³/mol. The van der Waals surface area contributed by atoms with E-state index in [0.29, 0.717) is 5.56 Å². The molecule has 168 valence electrons. The summed E-state index contributed by atoms with van der Waals surface area (Å²) >= 11 is 3.29. The van der Waals surface area contributed by atoms with Gasteiger partial charge in [0.25, 0.3) is 11.7 Å². The van der Waals surface area contributed by atoms with Crippen LogP contribution in [-0.2, 0) is 9.59 Å². The third-order valence-corrected chi connectivity index (χ3v) is 5.88. The van der Waals surface area contributed by atoms with Gasteiger partial charge in [-0.05, 0) is 48.0 Å². The van der Waals surface area contributed by atoms with E-state index in [1.54, 1.807) is 24.3 Å². The number of phenolic OH excluding ortho intramolecular Hbond substituents is 1. The standard InChI is InChI=1S/C24H14BrN3O6/c25-16-6-3-14(4-7-16)22(30)20-21(15-5-10-19(29)18(11-15)28(33)34)27(24(32)23(20)31)17-8-1-13(12-26)2-9-17/h1-11,21,29-30H/b22-20-. The topological polar surface area (TPSA) is 145 Å². The first-order valence-corrected chi connectivity index (χ1v) is 10.6. The lowest BCUT2D eigenvalue weighted by Crippen LogP contribution is -2.29. The fourth-order valence-corrected chi connectivity index (χ4v) is 4.00. The molecule has 1 saturated heterocycles. The molecular formula is C24H14BrN3O6. The first kappa shape index (κ1) is 22.7. The Morgan fingerprint density at radius 1 is 1.06 bits per heavy atom. The predicted octanol–water partition coefficient (Wildman–Crippen LogP) is 4.56. The summed E-state index contributed by atoms with van der Waals surface area (Å²) in [6.07, 6.45) is 0. The number of nitro benzene ring substituents is 1. The minimum Gasteiger partial charge on any atom is -0.507 e. The second-order valence-corrected chi connectivity index (χ2v) is 8.26. The molecule has 1 aliphatic heterocycles. The van der Waals surface area contributed by atoms with Crippen LogP contribution in [0.4, 0.5) is 11.4 Å². The second-order valence-electron chi connectivity index (χ2n) is 7.34. The molecule has 0 aliphatic carbocycles. The van der Waals surface area contributed by atoms with Crippen LogP contribution in [0.5, 0.6) is 5.75 Å². The normalized spacial score (nSPS) is 16.9. The number of hydrogen-bond donors (Lipinski definition) is 2. The van der Waals surface area contributed by atoms with Crippen LogP contribution in [0.25, 0.3) is 5.76 Å². The number of nitro groups is 1.